The Hall–Kier alpha value is -3.89. The Morgan fingerprint density at radius 1 is 0.921 bits per heavy atom. The number of ether oxygens (including phenoxy) is 2. The molecule has 0 aromatic heterocycles. The number of methoxy groups -OCH3 is 1. The maximum atomic E-state index is 12.5. The molecule has 0 bridgehead atoms. The molecule has 9 nitrogen and oxygen atoms in total. The molecule has 0 radical (unpaired) electrons. The first kappa shape index (κ1) is 27.2. The molecular weight excluding hydrogens is 508 g/mol. The molecule has 200 valence electrons. The molecule has 0 unspecified atom stereocenters. The van der Waals surface area contributed by atoms with E-state index in [0.29, 0.717) is 18.6 Å². The molecule has 0 aliphatic heterocycles. The molecule has 3 N–H and O–H groups in total. The van der Waals surface area contributed by atoms with E-state index < -0.39 is 28.1 Å². The first-order valence-corrected chi connectivity index (χ1v) is 13.8. The predicted octanol–water partition coefficient (Wildman–Crippen LogP) is 4.14. The minimum atomic E-state index is -3.69. The highest BCUT2D eigenvalue weighted by Gasteiger charge is 2.29. The van der Waals surface area contributed by atoms with E-state index in [9.17, 15) is 23.1 Å². The Morgan fingerprint density at radius 3 is 2.11 bits per heavy atom. The molecule has 3 aromatic rings. The zero-order chi connectivity index (χ0) is 27.1. The van der Waals surface area contributed by atoms with Gasteiger partial charge in [-0.15, -0.1) is 0 Å². The van der Waals surface area contributed by atoms with E-state index in [4.69, 9.17) is 9.47 Å². The van der Waals surface area contributed by atoms with Crippen LogP contribution in [0.4, 0.5) is 4.79 Å². The molecule has 1 amide bonds. The monoisotopic (exact) mass is 538 g/mol. The van der Waals surface area contributed by atoms with Gasteiger partial charge in [-0.05, 0) is 65.8 Å². The molecule has 4 rings (SSSR count). The van der Waals surface area contributed by atoms with Crippen molar-refractivity contribution in [3.05, 3.63) is 83.9 Å². The number of amides is 1. The minimum Gasteiger partial charge on any atom is -0.497 e. The number of hydrogen-bond acceptors (Lipinski definition) is 6. The summed E-state index contributed by atoms with van der Waals surface area (Å²) in [4.78, 5) is 24.3. The van der Waals surface area contributed by atoms with Crippen LogP contribution in [0.25, 0.3) is 11.1 Å². The number of aliphatic carboxylic acids is 1. The summed E-state index contributed by atoms with van der Waals surface area (Å²) >= 11 is 0. The zero-order valence-electron chi connectivity index (χ0n) is 20.9. The van der Waals surface area contributed by atoms with Gasteiger partial charge in [-0.1, -0.05) is 48.5 Å². The normalized spacial score (nSPS) is 13.3. The van der Waals surface area contributed by atoms with Crippen molar-refractivity contribution < 1.29 is 32.6 Å². The van der Waals surface area contributed by atoms with E-state index in [0.717, 1.165) is 22.3 Å². The van der Waals surface area contributed by atoms with E-state index in [-0.39, 0.29) is 30.4 Å². The Balaban J connectivity index is 1.24. The van der Waals surface area contributed by atoms with Crippen LogP contribution in [0, 0.1) is 0 Å². The van der Waals surface area contributed by atoms with Gasteiger partial charge >= 0.3 is 12.1 Å². The van der Waals surface area contributed by atoms with E-state index in [1.807, 2.05) is 48.5 Å². The van der Waals surface area contributed by atoms with E-state index in [2.05, 4.69) is 10.0 Å². The molecule has 3 aromatic carbocycles. The smallest absolute Gasteiger partial charge is 0.407 e. The van der Waals surface area contributed by atoms with Crippen molar-refractivity contribution in [2.75, 3.05) is 20.3 Å². The Labute approximate surface area is 221 Å². The fraction of sp³-hybridized carbons (Fsp3) is 0.286. The summed E-state index contributed by atoms with van der Waals surface area (Å²) in [6.07, 6.45) is 0.0978. The van der Waals surface area contributed by atoms with Crippen molar-refractivity contribution in [3.63, 3.8) is 0 Å². The summed E-state index contributed by atoms with van der Waals surface area (Å²) in [6.45, 7) is 0.213. The average Bonchev–Trinajstić information content (AvgIpc) is 3.24. The standard InChI is InChI=1S/C28H30N2O7S/c1-36-19-13-15-20(16-14-19)38(34,35)29-17-7-6-12-26(27(31)32)30-28(33)37-18-25-23-10-4-2-8-21(23)22-9-3-5-11-24(22)25/h2-5,8-11,13-16,25-26,29H,6-7,12,17-18H2,1H3,(H,30,33)(H,31,32)/t26-/m0/s1. The number of rotatable bonds is 12. The van der Waals surface area contributed by atoms with Gasteiger partial charge in [0.25, 0.3) is 0 Å². The average molecular weight is 539 g/mol. The second-order valence-electron chi connectivity index (χ2n) is 8.93. The maximum absolute atomic E-state index is 12.5. The number of alkyl carbamates (subject to hydrolysis) is 1. The lowest BCUT2D eigenvalue weighted by molar-refractivity contribution is -0.139. The van der Waals surface area contributed by atoms with Crippen LogP contribution in [0.3, 0.4) is 0 Å². The molecule has 0 heterocycles. The SMILES string of the molecule is COc1ccc(S(=O)(=O)NCCCC[C@H](NC(=O)OCC2c3ccccc3-c3ccccc32)C(=O)O)cc1. The number of benzene rings is 3. The second-order valence-corrected chi connectivity index (χ2v) is 10.7. The van der Waals surface area contributed by atoms with Crippen LogP contribution in [0.2, 0.25) is 0 Å². The summed E-state index contributed by atoms with van der Waals surface area (Å²) in [5.74, 6) is -0.764. The van der Waals surface area contributed by atoms with Crippen molar-refractivity contribution in [3.8, 4) is 16.9 Å². The first-order valence-electron chi connectivity index (χ1n) is 12.3. The summed E-state index contributed by atoms with van der Waals surface area (Å²) in [5, 5.41) is 12.0. The van der Waals surface area contributed by atoms with Crippen molar-refractivity contribution in [2.45, 2.75) is 36.1 Å². The van der Waals surface area contributed by atoms with Gasteiger partial charge in [0, 0.05) is 12.5 Å². The third kappa shape index (κ3) is 6.32. The van der Waals surface area contributed by atoms with Crippen molar-refractivity contribution in [1.82, 2.24) is 10.0 Å². The Morgan fingerprint density at radius 2 is 1.53 bits per heavy atom. The molecule has 1 atom stereocenters. The summed E-state index contributed by atoms with van der Waals surface area (Å²) < 4.78 is 37.8. The topological polar surface area (TPSA) is 131 Å². The number of carbonyl (C=O) groups is 2. The van der Waals surface area contributed by atoms with Gasteiger partial charge in [0.15, 0.2) is 0 Å². The number of carbonyl (C=O) groups excluding carboxylic acids is 1. The highest BCUT2D eigenvalue weighted by molar-refractivity contribution is 7.89. The molecule has 1 aliphatic carbocycles. The largest absolute Gasteiger partial charge is 0.497 e. The van der Waals surface area contributed by atoms with E-state index >= 15 is 0 Å². The van der Waals surface area contributed by atoms with Crippen LogP contribution in [-0.4, -0.2) is 51.9 Å². The third-order valence-corrected chi connectivity index (χ3v) is 7.99. The van der Waals surface area contributed by atoms with E-state index in [1.165, 1.54) is 19.2 Å². The molecule has 0 fully saturated rings. The summed E-state index contributed by atoms with van der Waals surface area (Å²) in [6, 6.07) is 20.7. The van der Waals surface area contributed by atoms with E-state index in [1.54, 1.807) is 12.1 Å². The van der Waals surface area contributed by atoms with Crippen LogP contribution < -0.4 is 14.8 Å². The molecule has 0 spiro atoms. The molecule has 0 saturated heterocycles. The number of carboxylic acid groups (broad SMARTS) is 1. The fourth-order valence-electron chi connectivity index (χ4n) is 4.56. The van der Waals surface area contributed by atoms with Crippen molar-refractivity contribution in [2.24, 2.45) is 0 Å². The van der Waals surface area contributed by atoms with Gasteiger partial charge in [0.2, 0.25) is 10.0 Å². The lowest BCUT2D eigenvalue weighted by Crippen LogP contribution is -2.41. The van der Waals surface area contributed by atoms with Crippen LogP contribution >= 0.6 is 0 Å². The maximum Gasteiger partial charge on any atom is 0.407 e. The van der Waals surface area contributed by atoms with Crippen LogP contribution in [0.1, 0.15) is 36.3 Å². The molecule has 0 saturated carbocycles. The highest BCUT2D eigenvalue weighted by atomic mass is 32.2. The number of sulfonamides is 1. The Kier molecular flexibility index (Phi) is 8.65. The van der Waals surface area contributed by atoms with Crippen LogP contribution in [0.5, 0.6) is 5.75 Å². The molecule has 10 heteroatoms. The highest BCUT2D eigenvalue weighted by Crippen LogP contribution is 2.44. The first-order chi connectivity index (χ1) is 18.3. The third-order valence-electron chi connectivity index (χ3n) is 6.52. The quantitative estimate of drug-likeness (QED) is 0.296. The van der Waals surface area contributed by atoms with Gasteiger partial charge in [-0.3, -0.25) is 0 Å². The second kappa shape index (κ2) is 12.1. The lowest BCUT2D eigenvalue weighted by atomic mass is 9.98. The number of nitrogens with one attached hydrogen (secondary N) is 2. The van der Waals surface area contributed by atoms with Gasteiger partial charge in [-0.25, -0.2) is 22.7 Å². The number of carboxylic acids is 1. The number of fused-ring (bicyclic) bond motifs is 3. The van der Waals surface area contributed by atoms with Gasteiger partial charge < -0.3 is 19.9 Å². The van der Waals surface area contributed by atoms with Crippen molar-refractivity contribution >= 4 is 22.1 Å². The number of unbranched alkanes of at least 4 members (excludes halogenated alkanes) is 1. The zero-order valence-corrected chi connectivity index (χ0v) is 21.7. The minimum absolute atomic E-state index is 0.0827. The van der Waals surface area contributed by atoms with Gasteiger partial charge in [-0.2, -0.15) is 0 Å². The number of hydrogen-bond donors (Lipinski definition) is 3. The van der Waals surface area contributed by atoms with Crippen LogP contribution in [0.15, 0.2) is 77.7 Å². The molecule has 38 heavy (non-hydrogen) atoms. The fourth-order valence-corrected chi connectivity index (χ4v) is 5.63. The van der Waals surface area contributed by atoms with Gasteiger partial charge in [0.1, 0.15) is 18.4 Å². The molecular formula is C28H30N2O7S. The molecule has 1 aliphatic rings. The van der Waals surface area contributed by atoms with Gasteiger partial charge in [0.05, 0.1) is 12.0 Å². The van der Waals surface area contributed by atoms with Crippen molar-refractivity contribution in [1.29, 1.82) is 0 Å². The Bertz CT molecular complexity index is 1340. The predicted molar refractivity (Wildman–Crippen MR) is 142 cm³/mol. The summed E-state index contributed by atoms with van der Waals surface area (Å²) in [7, 11) is -2.20. The van der Waals surface area contributed by atoms with Crippen LogP contribution in [-0.2, 0) is 19.6 Å². The summed E-state index contributed by atoms with van der Waals surface area (Å²) in [5.41, 5.74) is 4.33. The lowest BCUT2D eigenvalue weighted by Gasteiger charge is -2.17.